The highest BCUT2D eigenvalue weighted by molar-refractivity contribution is 8.13. The third-order valence-corrected chi connectivity index (χ3v) is 3.10. The number of carbonyl (C=O) groups excluding carboxylic acids is 2. The highest BCUT2D eigenvalue weighted by Gasteiger charge is 2.19. The van der Waals surface area contributed by atoms with Gasteiger partial charge in [-0.1, -0.05) is 31.5 Å². The summed E-state index contributed by atoms with van der Waals surface area (Å²) < 4.78 is 0. The lowest BCUT2D eigenvalue weighted by Gasteiger charge is -2.11. The minimum atomic E-state index is -1.12. The maximum atomic E-state index is 11.4. The standard InChI is InChI=1S/C11H19NO4S/c1-3-4-5-6-10(14)17-7-9(11(15)16)12-8(2)13/h9H,3-7H2,1-2H3,(H,12,13)(H,15,16)/t9-/m0/s1. The molecule has 0 bridgehead atoms. The van der Waals surface area contributed by atoms with Crippen molar-refractivity contribution < 1.29 is 19.5 Å². The molecule has 1 atom stereocenters. The molecular formula is C11H19NO4S. The van der Waals surface area contributed by atoms with Gasteiger partial charge in [-0.2, -0.15) is 0 Å². The lowest BCUT2D eigenvalue weighted by atomic mass is 10.2. The summed E-state index contributed by atoms with van der Waals surface area (Å²) in [6.07, 6.45) is 3.34. The van der Waals surface area contributed by atoms with Gasteiger partial charge in [-0.3, -0.25) is 9.59 Å². The Labute approximate surface area is 105 Å². The van der Waals surface area contributed by atoms with Crippen LogP contribution in [0, 0.1) is 0 Å². The summed E-state index contributed by atoms with van der Waals surface area (Å²) in [6, 6.07) is -0.993. The molecule has 0 spiro atoms. The fourth-order valence-electron chi connectivity index (χ4n) is 1.19. The first-order valence-corrected chi connectivity index (χ1v) is 6.61. The lowest BCUT2D eigenvalue weighted by molar-refractivity contribution is -0.140. The van der Waals surface area contributed by atoms with E-state index in [1.54, 1.807) is 0 Å². The van der Waals surface area contributed by atoms with Crippen molar-refractivity contribution >= 4 is 28.8 Å². The van der Waals surface area contributed by atoms with Crippen molar-refractivity contribution in [3.63, 3.8) is 0 Å². The highest BCUT2D eigenvalue weighted by Crippen LogP contribution is 2.11. The third kappa shape index (κ3) is 8.74. The van der Waals surface area contributed by atoms with Gasteiger partial charge >= 0.3 is 5.97 Å². The third-order valence-electron chi connectivity index (χ3n) is 2.07. The van der Waals surface area contributed by atoms with Gasteiger partial charge in [0.15, 0.2) is 5.12 Å². The van der Waals surface area contributed by atoms with Gasteiger partial charge < -0.3 is 10.4 Å². The summed E-state index contributed by atoms with van der Waals surface area (Å²) >= 11 is 0.971. The van der Waals surface area contributed by atoms with Crippen molar-refractivity contribution in [3.8, 4) is 0 Å². The van der Waals surface area contributed by atoms with Crippen LogP contribution in [0.1, 0.15) is 39.5 Å². The number of amides is 1. The molecule has 0 aliphatic rings. The molecule has 0 unspecified atom stereocenters. The number of hydrogen-bond donors (Lipinski definition) is 2. The van der Waals surface area contributed by atoms with E-state index in [0.29, 0.717) is 6.42 Å². The number of carbonyl (C=O) groups is 3. The van der Waals surface area contributed by atoms with E-state index >= 15 is 0 Å². The van der Waals surface area contributed by atoms with E-state index in [1.807, 2.05) is 0 Å². The molecule has 0 aromatic heterocycles. The van der Waals surface area contributed by atoms with Crippen LogP contribution in [0.25, 0.3) is 0 Å². The minimum absolute atomic E-state index is 0.0185. The van der Waals surface area contributed by atoms with Crippen molar-refractivity contribution in [1.82, 2.24) is 5.32 Å². The van der Waals surface area contributed by atoms with Crippen LogP contribution in [-0.2, 0) is 14.4 Å². The van der Waals surface area contributed by atoms with Crippen molar-refractivity contribution in [2.24, 2.45) is 0 Å². The normalized spacial score (nSPS) is 11.9. The second kappa shape index (κ2) is 9.04. The zero-order chi connectivity index (χ0) is 13.3. The van der Waals surface area contributed by atoms with E-state index < -0.39 is 17.9 Å². The number of nitrogens with one attached hydrogen (secondary N) is 1. The predicted molar refractivity (Wildman–Crippen MR) is 66.8 cm³/mol. The molecule has 0 fully saturated rings. The molecule has 0 heterocycles. The molecule has 0 rings (SSSR count). The Morgan fingerprint density at radius 1 is 1.29 bits per heavy atom. The van der Waals surface area contributed by atoms with Crippen molar-refractivity contribution in [2.75, 3.05) is 5.75 Å². The molecular weight excluding hydrogens is 242 g/mol. The molecule has 98 valence electrons. The van der Waals surface area contributed by atoms with E-state index in [1.165, 1.54) is 6.92 Å². The van der Waals surface area contributed by atoms with E-state index in [9.17, 15) is 14.4 Å². The van der Waals surface area contributed by atoms with Crippen molar-refractivity contribution in [1.29, 1.82) is 0 Å². The number of hydrogen-bond acceptors (Lipinski definition) is 4. The Morgan fingerprint density at radius 3 is 2.41 bits per heavy atom. The van der Waals surface area contributed by atoms with Gasteiger partial charge in [0, 0.05) is 19.1 Å². The molecule has 0 saturated carbocycles. The second-order valence-electron chi connectivity index (χ2n) is 3.73. The van der Waals surface area contributed by atoms with Crippen molar-refractivity contribution in [3.05, 3.63) is 0 Å². The Bertz CT molecular complexity index is 281. The summed E-state index contributed by atoms with van der Waals surface area (Å²) in [5, 5.41) is 11.1. The lowest BCUT2D eigenvalue weighted by Crippen LogP contribution is -2.41. The van der Waals surface area contributed by atoms with Crippen LogP contribution in [0.15, 0.2) is 0 Å². The molecule has 6 heteroatoms. The Hall–Kier alpha value is -1.04. The van der Waals surface area contributed by atoms with E-state index in [4.69, 9.17) is 5.11 Å². The summed E-state index contributed by atoms with van der Waals surface area (Å²) in [7, 11) is 0. The molecule has 2 N–H and O–H groups in total. The number of unbranched alkanes of at least 4 members (excludes halogenated alkanes) is 2. The summed E-state index contributed by atoms with van der Waals surface area (Å²) in [5.74, 6) is -1.44. The molecule has 1 amide bonds. The van der Waals surface area contributed by atoms with Gasteiger partial charge in [-0.25, -0.2) is 4.79 Å². The summed E-state index contributed by atoms with van der Waals surface area (Å²) in [5.41, 5.74) is 0. The number of carboxylic acids is 1. The smallest absolute Gasteiger partial charge is 0.327 e. The quantitative estimate of drug-likeness (QED) is 0.645. The highest BCUT2D eigenvalue weighted by atomic mass is 32.2. The second-order valence-corrected chi connectivity index (χ2v) is 4.81. The molecule has 0 aromatic carbocycles. The predicted octanol–water partition coefficient (Wildman–Crippen LogP) is 1.42. The van der Waals surface area contributed by atoms with E-state index in [2.05, 4.69) is 12.2 Å². The van der Waals surface area contributed by atoms with Gasteiger partial charge in [-0.15, -0.1) is 0 Å². The molecule has 0 aliphatic carbocycles. The summed E-state index contributed by atoms with van der Waals surface area (Å²) in [6.45, 7) is 3.30. The first kappa shape index (κ1) is 16.0. The first-order chi connectivity index (χ1) is 7.97. The topological polar surface area (TPSA) is 83.5 Å². The number of carboxylic acid groups (broad SMARTS) is 1. The monoisotopic (exact) mass is 261 g/mol. The Balaban J connectivity index is 3.91. The van der Waals surface area contributed by atoms with Crippen LogP contribution in [0.3, 0.4) is 0 Å². The maximum absolute atomic E-state index is 11.4. The molecule has 5 nitrogen and oxygen atoms in total. The fraction of sp³-hybridized carbons (Fsp3) is 0.727. The first-order valence-electron chi connectivity index (χ1n) is 5.63. The molecule has 0 aromatic rings. The Morgan fingerprint density at radius 2 is 1.94 bits per heavy atom. The van der Waals surface area contributed by atoms with Gasteiger partial charge in [0.25, 0.3) is 0 Å². The minimum Gasteiger partial charge on any atom is -0.480 e. The number of rotatable bonds is 8. The van der Waals surface area contributed by atoms with E-state index in [-0.39, 0.29) is 10.9 Å². The largest absolute Gasteiger partial charge is 0.480 e. The van der Waals surface area contributed by atoms with Crippen LogP contribution in [0.5, 0.6) is 0 Å². The van der Waals surface area contributed by atoms with Gasteiger partial charge in [-0.05, 0) is 6.42 Å². The maximum Gasteiger partial charge on any atom is 0.327 e. The Kier molecular flexibility index (Phi) is 8.49. The van der Waals surface area contributed by atoms with Crippen LogP contribution >= 0.6 is 11.8 Å². The molecule has 0 radical (unpaired) electrons. The van der Waals surface area contributed by atoms with Gasteiger partial charge in [0.1, 0.15) is 6.04 Å². The van der Waals surface area contributed by atoms with Crippen LogP contribution in [0.4, 0.5) is 0 Å². The molecule has 17 heavy (non-hydrogen) atoms. The van der Waals surface area contributed by atoms with Crippen molar-refractivity contribution in [2.45, 2.75) is 45.6 Å². The van der Waals surface area contributed by atoms with Crippen LogP contribution in [-0.4, -0.2) is 33.9 Å². The van der Waals surface area contributed by atoms with Crippen LogP contribution < -0.4 is 5.32 Å². The zero-order valence-corrected chi connectivity index (χ0v) is 11.0. The van der Waals surface area contributed by atoms with Crippen LogP contribution in [0.2, 0.25) is 0 Å². The average molecular weight is 261 g/mol. The van der Waals surface area contributed by atoms with E-state index in [0.717, 1.165) is 31.0 Å². The average Bonchev–Trinajstić information content (AvgIpc) is 2.23. The number of thioether (sulfide) groups is 1. The number of aliphatic carboxylic acids is 1. The zero-order valence-electron chi connectivity index (χ0n) is 10.2. The van der Waals surface area contributed by atoms with Gasteiger partial charge in [0.2, 0.25) is 5.91 Å². The fourth-order valence-corrected chi connectivity index (χ4v) is 2.05. The molecule has 0 aliphatic heterocycles. The summed E-state index contributed by atoms with van der Waals surface area (Å²) in [4.78, 5) is 32.9. The van der Waals surface area contributed by atoms with Gasteiger partial charge in [0.05, 0.1) is 0 Å². The SMILES string of the molecule is CCCCCC(=O)SC[C@H](NC(C)=O)C(=O)O. The molecule has 0 saturated heterocycles.